The second-order valence-electron chi connectivity index (χ2n) is 3.07. The number of nitro groups is 1. The Morgan fingerprint density at radius 3 is 2.85 bits per heavy atom. The predicted octanol–water partition coefficient (Wildman–Crippen LogP) is -0.574. The number of amides is 1. The number of rotatable bonds is 3. The van der Waals surface area contributed by atoms with Crippen LogP contribution in [0.2, 0.25) is 0 Å². The maximum absolute atomic E-state index is 10.6. The summed E-state index contributed by atoms with van der Waals surface area (Å²) in [5, 5.41) is 11.0. The molecule has 1 aliphatic heterocycles. The maximum atomic E-state index is 10.6. The summed E-state index contributed by atoms with van der Waals surface area (Å²) in [7, 11) is 0. The standard InChI is InChI=1S/C6H11N3O3S/c7-6(10)2-4-1-5(13)3-8(4)9(11)12/h4-5,13H,1-3H2,(H2,7,10). The number of thiol groups is 1. The summed E-state index contributed by atoms with van der Waals surface area (Å²) in [6.07, 6.45) is 0.561. The van der Waals surface area contributed by atoms with E-state index in [0.717, 1.165) is 5.01 Å². The van der Waals surface area contributed by atoms with Crippen molar-refractivity contribution in [2.45, 2.75) is 24.1 Å². The van der Waals surface area contributed by atoms with Crippen LogP contribution >= 0.6 is 12.6 Å². The van der Waals surface area contributed by atoms with Gasteiger partial charge < -0.3 is 5.73 Å². The molecule has 6 nitrogen and oxygen atoms in total. The zero-order chi connectivity index (χ0) is 10.0. The molecule has 13 heavy (non-hydrogen) atoms. The van der Waals surface area contributed by atoms with Gasteiger partial charge in [0.25, 0.3) is 0 Å². The van der Waals surface area contributed by atoms with Crippen LogP contribution in [-0.4, -0.2) is 33.8 Å². The molecule has 0 aromatic heterocycles. The molecule has 0 aromatic rings. The van der Waals surface area contributed by atoms with Crippen molar-refractivity contribution in [1.82, 2.24) is 5.01 Å². The number of carbonyl (C=O) groups is 1. The Labute approximate surface area is 80.6 Å². The van der Waals surface area contributed by atoms with Crippen LogP contribution in [0.15, 0.2) is 0 Å². The SMILES string of the molecule is NC(=O)CC1CC(S)CN1[N+](=O)[O-]. The van der Waals surface area contributed by atoms with Gasteiger partial charge in [0.2, 0.25) is 5.91 Å². The lowest BCUT2D eigenvalue weighted by Gasteiger charge is -2.14. The number of hydrogen-bond donors (Lipinski definition) is 2. The fraction of sp³-hybridized carbons (Fsp3) is 0.833. The number of primary amides is 1. The van der Waals surface area contributed by atoms with E-state index in [1.165, 1.54) is 0 Å². The van der Waals surface area contributed by atoms with E-state index in [1.807, 2.05) is 0 Å². The van der Waals surface area contributed by atoms with E-state index < -0.39 is 17.0 Å². The van der Waals surface area contributed by atoms with E-state index in [9.17, 15) is 14.9 Å². The molecule has 1 fully saturated rings. The molecule has 2 atom stereocenters. The molecule has 1 heterocycles. The van der Waals surface area contributed by atoms with Crippen molar-refractivity contribution in [1.29, 1.82) is 0 Å². The molecule has 0 saturated carbocycles. The molecule has 1 aliphatic rings. The number of hydrazine groups is 1. The predicted molar refractivity (Wildman–Crippen MR) is 48.7 cm³/mol. The zero-order valence-corrected chi connectivity index (χ0v) is 7.81. The van der Waals surface area contributed by atoms with Gasteiger partial charge in [-0.1, -0.05) is 0 Å². The van der Waals surface area contributed by atoms with E-state index >= 15 is 0 Å². The van der Waals surface area contributed by atoms with Crippen LogP contribution in [0.4, 0.5) is 0 Å². The minimum absolute atomic E-state index is 0.0258. The summed E-state index contributed by atoms with van der Waals surface area (Å²) >= 11 is 4.13. The van der Waals surface area contributed by atoms with Crippen molar-refractivity contribution < 1.29 is 9.83 Å². The lowest BCUT2D eigenvalue weighted by Crippen LogP contribution is -2.37. The fourth-order valence-corrected chi connectivity index (χ4v) is 1.91. The Balaban J connectivity index is 2.60. The first-order chi connectivity index (χ1) is 6.00. The highest BCUT2D eigenvalue weighted by Crippen LogP contribution is 2.23. The van der Waals surface area contributed by atoms with Crippen LogP contribution in [0.25, 0.3) is 0 Å². The molecule has 1 amide bonds. The smallest absolute Gasteiger partial charge is 0.219 e. The van der Waals surface area contributed by atoms with Crippen molar-refractivity contribution >= 4 is 18.5 Å². The fourth-order valence-electron chi connectivity index (χ4n) is 1.50. The number of nitrogens with two attached hydrogens (primary N) is 1. The third kappa shape index (κ3) is 2.48. The average molecular weight is 205 g/mol. The normalized spacial score (nSPS) is 27.6. The van der Waals surface area contributed by atoms with Gasteiger partial charge in [-0.15, -0.1) is 5.01 Å². The second-order valence-corrected chi connectivity index (χ2v) is 3.80. The Kier molecular flexibility index (Phi) is 2.97. The van der Waals surface area contributed by atoms with Gasteiger partial charge in [-0.05, 0) is 6.42 Å². The van der Waals surface area contributed by atoms with Crippen LogP contribution in [0.5, 0.6) is 0 Å². The summed E-state index contributed by atoms with van der Waals surface area (Å²) in [6.45, 7) is 0.272. The highest BCUT2D eigenvalue weighted by atomic mass is 32.1. The van der Waals surface area contributed by atoms with E-state index in [2.05, 4.69) is 12.6 Å². The molecule has 1 rings (SSSR count). The summed E-state index contributed by atoms with van der Waals surface area (Å²) in [5.74, 6) is -0.515. The molecule has 0 aliphatic carbocycles. The summed E-state index contributed by atoms with van der Waals surface area (Å²) < 4.78 is 0. The first kappa shape index (κ1) is 10.1. The van der Waals surface area contributed by atoms with Crippen molar-refractivity contribution in [3.8, 4) is 0 Å². The van der Waals surface area contributed by atoms with Crippen molar-refractivity contribution in [3.63, 3.8) is 0 Å². The van der Waals surface area contributed by atoms with Gasteiger partial charge in [0.15, 0.2) is 5.03 Å². The van der Waals surface area contributed by atoms with Gasteiger partial charge in [0.05, 0.1) is 19.0 Å². The Bertz CT molecular complexity index is 235. The first-order valence-electron chi connectivity index (χ1n) is 3.88. The van der Waals surface area contributed by atoms with Crippen molar-refractivity contribution in [2.24, 2.45) is 5.73 Å². The summed E-state index contributed by atoms with van der Waals surface area (Å²) in [6, 6.07) is -0.394. The van der Waals surface area contributed by atoms with Crippen LogP contribution < -0.4 is 5.73 Å². The summed E-state index contributed by atoms with van der Waals surface area (Å²) in [5.41, 5.74) is 4.97. The van der Waals surface area contributed by atoms with Crippen LogP contribution in [0.1, 0.15) is 12.8 Å². The quantitative estimate of drug-likeness (QED) is 0.366. The third-order valence-electron chi connectivity index (χ3n) is 2.01. The molecular formula is C6H11N3O3S. The minimum Gasteiger partial charge on any atom is -0.370 e. The largest absolute Gasteiger partial charge is 0.370 e. The molecule has 0 aromatic carbocycles. The molecule has 2 N–H and O–H groups in total. The molecule has 74 valence electrons. The molecule has 2 unspecified atom stereocenters. The highest BCUT2D eigenvalue weighted by Gasteiger charge is 2.37. The number of nitrogens with zero attached hydrogens (tertiary/aromatic N) is 2. The molecule has 7 heteroatoms. The van der Waals surface area contributed by atoms with Crippen molar-refractivity contribution in [3.05, 3.63) is 10.1 Å². The van der Waals surface area contributed by atoms with Gasteiger partial charge >= 0.3 is 0 Å². The van der Waals surface area contributed by atoms with E-state index in [0.29, 0.717) is 6.42 Å². The Morgan fingerprint density at radius 1 is 1.77 bits per heavy atom. The molecule has 0 bridgehead atoms. The van der Waals surface area contributed by atoms with Gasteiger partial charge in [-0.25, -0.2) is 10.1 Å². The monoisotopic (exact) mass is 205 g/mol. The maximum Gasteiger partial charge on any atom is 0.219 e. The zero-order valence-electron chi connectivity index (χ0n) is 6.92. The van der Waals surface area contributed by atoms with Crippen LogP contribution in [-0.2, 0) is 4.79 Å². The molecular weight excluding hydrogens is 194 g/mol. The molecule has 1 saturated heterocycles. The number of carbonyl (C=O) groups excluding carboxylic acids is 1. The van der Waals surface area contributed by atoms with Gasteiger partial charge in [0, 0.05) is 5.25 Å². The molecule has 0 radical (unpaired) electrons. The lowest BCUT2D eigenvalue weighted by molar-refractivity contribution is -0.659. The van der Waals surface area contributed by atoms with Gasteiger partial charge in [-0.2, -0.15) is 12.6 Å². The Morgan fingerprint density at radius 2 is 2.38 bits per heavy atom. The van der Waals surface area contributed by atoms with Crippen LogP contribution in [0.3, 0.4) is 0 Å². The second kappa shape index (κ2) is 3.82. The van der Waals surface area contributed by atoms with E-state index in [4.69, 9.17) is 5.73 Å². The topological polar surface area (TPSA) is 89.5 Å². The third-order valence-corrected chi connectivity index (χ3v) is 2.38. The average Bonchev–Trinajstić information content (AvgIpc) is 2.29. The lowest BCUT2D eigenvalue weighted by atomic mass is 10.1. The van der Waals surface area contributed by atoms with Crippen molar-refractivity contribution in [2.75, 3.05) is 6.54 Å². The van der Waals surface area contributed by atoms with Gasteiger partial charge in [0.1, 0.15) is 0 Å². The van der Waals surface area contributed by atoms with E-state index in [1.54, 1.807) is 0 Å². The van der Waals surface area contributed by atoms with Gasteiger partial charge in [-0.3, -0.25) is 4.79 Å². The van der Waals surface area contributed by atoms with Crippen LogP contribution in [0, 0.1) is 10.1 Å². The molecule has 0 spiro atoms. The number of hydrogen-bond acceptors (Lipinski definition) is 4. The first-order valence-corrected chi connectivity index (χ1v) is 4.39. The minimum atomic E-state index is -0.515. The van der Waals surface area contributed by atoms with E-state index in [-0.39, 0.29) is 18.2 Å². The highest BCUT2D eigenvalue weighted by molar-refractivity contribution is 7.81. The Hall–Kier alpha value is -0.980. The summed E-state index contributed by atoms with van der Waals surface area (Å²) in [4.78, 5) is 21.1.